The third-order valence-corrected chi connectivity index (χ3v) is 7.17. The summed E-state index contributed by atoms with van der Waals surface area (Å²) in [5.41, 5.74) is 5.38. The van der Waals surface area contributed by atoms with Crippen LogP contribution in [0.3, 0.4) is 0 Å². The number of carbonyl (C=O) groups is 2. The Hall–Kier alpha value is -1.18. The maximum Gasteiger partial charge on any atom is 0.242 e. The van der Waals surface area contributed by atoms with E-state index in [1.54, 1.807) is 4.90 Å². The molecule has 7 nitrogen and oxygen atoms in total. The van der Waals surface area contributed by atoms with Gasteiger partial charge in [0, 0.05) is 19.6 Å². The second-order valence-electron chi connectivity index (χ2n) is 10.4. The molecule has 1 saturated heterocycles. The summed E-state index contributed by atoms with van der Waals surface area (Å²) in [6.07, 6.45) is 23.5. The van der Waals surface area contributed by atoms with E-state index in [9.17, 15) is 9.59 Å². The van der Waals surface area contributed by atoms with Gasteiger partial charge < -0.3 is 26.0 Å². The lowest BCUT2D eigenvalue weighted by atomic mass is 10.0. The Bertz CT molecular complexity index is 533. The molecule has 0 saturated carbocycles. The van der Waals surface area contributed by atoms with Crippen LogP contribution < -0.4 is 16.4 Å². The van der Waals surface area contributed by atoms with Gasteiger partial charge in [0.1, 0.15) is 6.04 Å². The number of unbranched alkanes of at least 4 members (excludes halogenated alkanes) is 15. The topological polar surface area (TPSA) is 96.7 Å². The molecule has 1 atom stereocenters. The first-order chi connectivity index (χ1) is 17.7. The van der Waals surface area contributed by atoms with Crippen molar-refractivity contribution >= 4 is 11.8 Å². The zero-order valence-electron chi connectivity index (χ0n) is 23.5. The minimum atomic E-state index is -0.343. The van der Waals surface area contributed by atoms with E-state index in [1.807, 2.05) is 0 Å². The SMILES string of the molecule is CCCCCCCCCCCCCCCCCCNCC(=O)N1CCC[C@H]1C(=O)NCCOCCN. The number of hydrogen-bond donors (Lipinski definition) is 3. The van der Waals surface area contributed by atoms with Gasteiger partial charge in [-0.1, -0.05) is 103 Å². The Labute approximate surface area is 222 Å². The summed E-state index contributed by atoms with van der Waals surface area (Å²) < 4.78 is 5.29. The van der Waals surface area contributed by atoms with E-state index in [1.165, 1.54) is 96.3 Å². The number of nitrogens with one attached hydrogen (secondary N) is 2. The molecule has 0 aliphatic carbocycles. The molecule has 1 rings (SSSR count). The largest absolute Gasteiger partial charge is 0.378 e. The molecule has 2 amide bonds. The molecule has 1 heterocycles. The zero-order chi connectivity index (χ0) is 26.1. The standard InChI is InChI=1S/C29H58N4O3/c1-2-3-4-5-6-7-8-9-10-11-12-13-14-15-16-17-21-31-26-28(34)33-23-18-19-27(33)29(35)32-22-25-36-24-20-30/h27,31H,2-26,30H2,1H3,(H,32,35)/t27-/m0/s1. The van der Waals surface area contributed by atoms with Crippen LogP contribution in [-0.4, -0.2) is 68.7 Å². The van der Waals surface area contributed by atoms with Gasteiger partial charge in [-0.2, -0.15) is 0 Å². The Morgan fingerprint density at radius 2 is 1.36 bits per heavy atom. The van der Waals surface area contributed by atoms with Crippen molar-refractivity contribution in [3.05, 3.63) is 0 Å². The average molecular weight is 511 g/mol. The van der Waals surface area contributed by atoms with Gasteiger partial charge in [-0.05, 0) is 25.8 Å². The Morgan fingerprint density at radius 1 is 0.806 bits per heavy atom. The molecule has 1 fully saturated rings. The fourth-order valence-electron chi connectivity index (χ4n) is 4.98. The summed E-state index contributed by atoms with van der Waals surface area (Å²) in [5.74, 6) is -0.0430. The molecular formula is C29H58N4O3. The lowest BCUT2D eigenvalue weighted by Crippen LogP contribution is -2.49. The number of rotatable bonds is 25. The number of nitrogens with two attached hydrogens (primary N) is 1. The van der Waals surface area contributed by atoms with E-state index < -0.39 is 0 Å². The number of amides is 2. The molecule has 1 aliphatic heterocycles. The summed E-state index contributed by atoms with van der Waals surface area (Å²) in [4.78, 5) is 26.8. The van der Waals surface area contributed by atoms with E-state index in [0.29, 0.717) is 39.4 Å². The van der Waals surface area contributed by atoms with Gasteiger partial charge in [-0.25, -0.2) is 0 Å². The van der Waals surface area contributed by atoms with Crippen LogP contribution in [0.15, 0.2) is 0 Å². The normalized spacial score (nSPS) is 15.5. The van der Waals surface area contributed by atoms with Gasteiger partial charge in [-0.3, -0.25) is 9.59 Å². The third-order valence-electron chi connectivity index (χ3n) is 7.17. The first kappa shape index (κ1) is 32.8. The molecule has 4 N–H and O–H groups in total. The van der Waals surface area contributed by atoms with Crippen LogP contribution in [0.2, 0.25) is 0 Å². The number of carbonyl (C=O) groups excluding carboxylic acids is 2. The number of likely N-dealkylation sites (tertiary alicyclic amines) is 1. The Balaban J connectivity index is 1.90. The van der Waals surface area contributed by atoms with Crippen LogP contribution in [0.1, 0.15) is 122 Å². The molecule has 36 heavy (non-hydrogen) atoms. The molecule has 0 bridgehead atoms. The fraction of sp³-hybridized carbons (Fsp3) is 0.931. The van der Waals surface area contributed by atoms with Gasteiger partial charge in [0.05, 0.1) is 19.8 Å². The maximum atomic E-state index is 12.6. The van der Waals surface area contributed by atoms with E-state index in [2.05, 4.69) is 17.6 Å². The number of ether oxygens (including phenoxy) is 1. The van der Waals surface area contributed by atoms with Crippen LogP contribution in [0.5, 0.6) is 0 Å². The number of nitrogens with zero attached hydrogens (tertiary/aromatic N) is 1. The van der Waals surface area contributed by atoms with Crippen LogP contribution in [0, 0.1) is 0 Å². The molecule has 212 valence electrons. The van der Waals surface area contributed by atoms with Gasteiger partial charge in [0.2, 0.25) is 11.8 Å². The zero-order valence-corrected chi connectivity index (χ0v) is 23.5. The van der Waals surface area contributed by atoms with Gasteiger partial charge in [-0.15, -0.1) is 0 Å². The lowest BCUT2D eigenvalue weighted by Gasteiger charge is -2.24. The Kier molecular flexibility index (Phi) is 22.1. The van der Waals surface area contributed by atoms with Crippen molar-refractivity contribution in [1.29, 1.82) is 0 Å². The molecule has 0 aromatic heterocycles. The highest BCUT2D eigenvalue weighted by molar-refractivity contribution is 5.88. The maximum absolute atomic E-state index is 12.6. The molecule has 0 aromatic rings. The summed E-state index contributed by atoms with van der Waals surface area (Å²) >= 11 is 0. The molecule has 0 unspecified atom stereocenters. The van der Waals surface area contributed by atoms with Crippen molar-refractivity contribution in [2.75, 3.05) is 45.9 Å². The van der Waals surface area contributed by atoms with E-state index >= 15 is 0 Å². The third kappa shape index (κ3) is 17.3. The fourth-order valence-corrected chi connectivity index (χ4v) is 4.98. The predicted octanol–water partition coefficient (Wildman–Crippen LogP) is 4.92. The monoisotopic (exact) mass is 510 g/mol. The second kappa shape index (κ2) is 24.2. The lowest BCUT2D eigenvalue weighted by molar-refractivity contribution is -0.137. The summed E-state index contributed by atoms with van der Waals surface area (Å²) in [7, 11) is 0. The molecular weight excluding hydrogens is 452 g/mol. The van der Waals surface area contributed by atoms with Crippen LogP contribution >= 0.6 is 0 Å². The predicted molar refractivity (Wildman–Crippen MR) is 150 cm³/mol. The van der Waals surface area contributed by atoms with Gasteiger partial charge in [0.25, 0.3) is 0 Å². The van der Waals surface area contributed by atoms with E-state index in [4.69, 9.17) is 10.5 Å². The van der Waals surface area contributed by atoms with Crippen molar-refractivity contribution in [2.45, 2.75) is 129 Å². The molecule has 7 heteroatoms. The first-order valence-corrected chi connectivity index (χ1v) is 15.3. The van der Waals surface area contributed by atoms with Crippen LogP contribution in [-0.2, 0) is 14.3 Å². The van der Waals surface area contributed by atoms with Gasteiger partial charge in [0.15, 0.2) is 0 Å². The van der Waals surface area contributed by atoms with Crippen molar-refractivity contribution in [2.24, 2.45) is 5.73 Å². The first-order valence-electron chi connectivity index (χ1n) is 15.3. The summed E-state index contributed by atoms with van der Waals surface area (Å²) in [6, 6.07) is -0.343. The van der Waals surface area contributed by atoms with Crippen LogP contribution in [0.4, 0.5) is 0 Å². The van der Waals surface area contributed by atoms with Crippen molar-refractivity contribution in [1.82, 2.24) is 15.5 Å². The average Bonchev–Trinajstić information content (AvgIpc) is 3.38. The number of hydrogen-bond acceptors (Lipinski definition) is 5. The van der Waals surface area contributed by atoms with Crippen LogP contribution in [0.25, 0.3) is 0 Å². The summed E-state index contributed by atoms with van der Waals surface area (Å²) in [6.45, 7) is 6.01. The van der Waals surface area contributed by atoms with Crippen molar-refractivity contribution < 1.29 is 14.3 Å². The molecule has 1 aliphatic rings. The smallest absolute Gasteiger partial charge is 0.242 e. The summed E-state index contributed by atoms with van der Waals surface area (Å²) in [5, 5.41) is 6.16. The molecule has 0 radical (unpaired) electrons. The van der Waals surface area contributed by atoms with Gasteiger partial charge >= 0.3 is 0 Å². The minimum Gasteiger partial charge on any atom is -0.378 e. The molecule has 0 spiro atoms. The highest BCUT2D eigenvalue weighted by Gasteiger charge is 2.33. The Morgan fingerprint density at radius 3 is 1.92 bits per heavy atom. The van der Waals surface area contributed by atoms with Crippen molar-refractivity contribution in [3.8, 4) is 0 Å². The van der Waals surface area contributed by atoms with E-state index in [-0.39, 0.29) is 17.9 Å². The minimum absolute atomic E-state index is 0.0310. The highest BCUT2D eigenvalue weighted by Crippen LogP contribution is 2.17. The van der Waals surface area contributed by atoms with Crippen molar-refractivity contribution in [3.63, 3.8) is 0 Å². The second-order valence-corrected chi connectivity index (χ2v) is 10.4. The highest BCUT2D eigenvalue weighted by atomic mass is 16.5. The van der Waals surface area contributed by atoms with E-state index in [0.717, 1.165) is 25.8 Å². The quantitative estimate of drug-likeness (QED) is 0.152. The molecule has 0 aromatic carbocycles.